The van der Waals surface area contributed by atoms with Crippen molar-refractivity contribution in [1.82, 2.24) is 5.32 Å². The van der Waals surface area contributed by atoms with Crippen molar-refractivity contribution in [3.8, 4) is 0 Å². The van der Waals surface area contributed by atoms with Crippen molar-refractivity contribution in [3.63, 3.8) is 0 Å². The lowest BCUT2D eigenvalue weighted by Crippen LogP contribution is -2.36. The normalized spacial score (nSPS) is 24.6. The molecule has 2 aliphatic carbocycles. The highest BCUT2D eigenvalue weighted by Crippen LogP contribution is 2.40. The lowest BCUT2D eigenvalue weighted by atomic mass is 10.1. The van der Waals surface area contributed by atoms with Crippen molar-refractivity contribution in [3.05, 3.63) is 28.7 Å². The summed E-state index contributed by atoms with van der Waals surface area (Å²) in [6.07, 6.45) is 7.76. The van der Waals surface area contributed by atoms with Gasteiger partial charge < -0.3 is 10.6 Å². The van der Waals surface area contributed by atoms with Gasteiger partial charge in [-0.05, 0) is 43.5 Å². The Morgan fingerprint density at radius 1 is 0.913 bits per heavy atom. The molecule has 0 spiro atoms. The van der Waals surface area contributed by atoms with E-state index in [2.05, 4.69) is 26.6 Å². The van der Waals surface area contributed by atoms with Crippen LogP contribution in [-0.4, -0.2) is 17.9 Å². The standard InChI is InChI=1S/C18H23BrN2O2/c19-12-7-9-14(10-8-12)21-18(23)16-11-15(16)17(22)20-13-5-3-1-2-4-6-13/h7-10,13,15-16H,1-6,11H2,(H,20,22)(H,21,23). The summed E-state index contributed by atoms with van der Waals surface area (Å²) in [4.78, 5) is 24.5. The van der Waals surface area contributed by atoms with Crippen LogP contribution in [0.3, 0.4) is 0 Å². The highest BCUT2D eigenvalue weighted by molar-refractivity contribution is 9.10. The van der Waals surface area contributed by atoms with Crippen LogP contribution < -0.4 is 10.6 Å². The Morgan fingerprint density at radius 3 is 2.17 bits per heavy atom. The zero-order valence-electron chi connectivity index (χ0n) is 13.2. The third kappa shape index (κ3) is 4.56. The molecule has 2 aliphatic rings. The molecule has 0 aliphatic heterocycles. The molecule has 2 N–H and O–H groups in total. The Morgan fingerprint density at radius 2 is 1.52 bits per heavy atom. The van der Waals surface area contributed by atoms with E-state index in [0.29, 0.717) is 12.5 Å². The molecule has 3 rings (SSSR count). The highest BCUT2D eigenvalue weighted by Gasteiger charge is 2.48. The Bertz CT molecular complexity index is 565. The molecule has 2 fully saturated rings. The fourth-order valence-electron chi connectivity index (χ4n) is 3.27. The molecule has 1 aromatic rings. The molecule has 2 unspecified atom stereocenters. The van der Waals surface area contributed by atoms with E-state index >= 15 is 0 Å². The number of hydrogen-bond donors (Lipinski definition) is 2. The van der Waals surface area contributed by atoms with Gasteiger partial charge in [0.2, 0.25) is 11.8 Å². The van der Waals surface area contributed by atoms with Crippen LogP contribution in [0.2, 0.25) is 0 Å². The minimum atomic E-state index is -0.176. The highest BCUT2D eigenvalue weighted by atomic mass is 79.9. The van der Waals surface area contributed by atoms with Crippen LogP contribution in [0.5, 0.6) is 0 Å². The molecule has 2 atom stereocenters. The number of amides is 2. The summed E-state index contributed by atoms with van der Waals surface area (Å²) in [7, 11) is 0. The van der Waals surface area contributed by atoms with Gasteiger partial charge in [0, 0.05) is 16.2 Å². The van der Waals surface area contributed by atoms with Crippen molar-refractivity contribution in [2.45, 2.75) is 51.0 Å². The number of rotatable bonds is 4. The van der Waals surface area contributed by atoms with Gasteiger partial charge in [-0.2, -0.15) is 0 Å². The first-order valence-electron chi connectivity index (χ1n) is 8.50. The summed E-state index contributed by atoms with van der Waals surface area (Å²) in [6, 6.07) is 7.79. The molecule has 0 bridgehead atoms. The van der Waals surface area contributed by atoms with E-state index in [1.807, 2.05) is 24.3 Å². The van der Waals surface area contributed by atoms with Gasteiger partial charge in [-0.3, -0.25) is 9.59 Å². The predicted octanol–water partition coefficient (Wildman–Crippen LogP) is 3.86. The lowest BCUT2D eigenvalue weighted by Gasteiger charge is -2.16. The SMILES string of the molecule is O=C(Nc1ccc(Br)cc1)C1CC1C(=O)NC1CCCCCC1. The van der Waals surface area contributed by atoms with Crippen molar-refractivity contribution < 1.29 is 9.59 Å². The van der Waals surface area contributed by atoms with Gasteiger partial charge in [0.1, 0.15) is 0 Å². The maximum Gasteiger partial charge on any atom is 0.228 e. The number of carbonyl (C=O) groups is 2. The molecular formula is C18H23BrN2O2. The first-order valence-corrected chi connectivity index (χ1v) is 9.29. The summed E-state index contributed by atoms with van der Waals surface area (Å²) in [5.41, 5.74) is 0.771. The molecule has 0 saturated heterocycles. The number of carbonyl (C=O) groups excluding carboxylic acids is 2. The van der Waals surface area contributed by atoms with Crippen LogP contribution in [0.25, 0.3) is 0 Å². The average Bonchev–Trinajstić information content (AvgIpc) is 3.33. The molecule has 1 aromatic carbocycles. The molecule has 124 valence electrons. The predicted molar refractivity (Wildman–Crippen MR) is 94.0 cm³/mol. The van der Waals surface area contributed by atoms with E-state index in [4.69, 9.17) is 0 Å². The third-order valence-electron chi connectivity index (χ3n) is 4.78. The Labute approximate surface area is 145 Å². The van der Waals surface area contributed by atoms with Crippen molar-refractivity contribution >= 4 is 33.4 Å². The first-order chi connectivity index (χ1) is 11.1. The maximum atomic E-state index is 12.3. The van der Waals surface area contributed by atoms with Gasteiger partial charge in [0.05, 0.1) is 11.8 Å². The largest absolute Gasteiger partial charge is 0.353 e. The fourth-order valence-corrected chi connectivity index (χ4v) is 3.54. The number of halogens is 1. The van der Waals surface area contributed by atoms with Crippen LogP contribution >= 0.6 is 15.9 Å². The molecule has 2 amide bonds. The van der Waals surface area contributed by atoms with E-state index < -0.39 is 0 Å². The second kappa shape index (κ2) is 7.47. The molecule has 23 heavy (non-hydrogen) atoms. The van der Waals surface area contributed by atoms with Gasteiger partial charge in [-0.1, -0.05) is 41.6 Å². The Kier molecular flexibility index (Phi) is 5.36. The minimum absolute atomic E-state index is 0.0478. The van der Waals surface area contributed by atoms with E-state index in [-0.39, 0.29) is 23.7 Å². The number of anilines is 1. The van der Waals surface area contributed by atoms with E-state index in [0.717, 1.165) is 23.0 Å². The van der Waals surface area contributed by atoms with Gasteiger partial charge in [-0.15, -0.1) is 0 Å². The topological polar surface area (TPSA) is 58.2 Å². The summed E-state index contributed by atoms with van der Waals surface area (Å²) in [5, 5.41) is 6.04. The molecule has 2 saturated carbocycles. The molecule has 0 radical (unpaired) electrons. The quantitative estimate of drug-likeness (QED) is 0.781. The second-order valence-corrected chi connectivity index (χ2v) is 7.56. The fraction of sp³-hybridized carbons (Fsp3) is 0.556. The summed E-state index contributed by atoms with van der Waals surface area (Å²) in [5.74, 6) is -0.306. The van der Waals surface area contributed by atoms with Crippen LogP contribution in [-0.2, 0) is 9.59 Å². The average molecular weight is 379 g/mol. The monoisotopic (exact) mass is 378 g/mol. The first kappa shape index (κ1) is 16.5. The second-order valence-electron chi connectivity index (χ2n) is 6.64. The summed E-state index contributed by atoms with van der Waals surface area (Å²) < 4.78 is 0.975. The van der Waals surface area contributed by atoms with Crippen molar-refractivity contribution in [2.24, 2.45) is 11.8 Å². The minimum Gasteiger partial charge on any atom is -0.353 e. The number of nitrogens with one attached hydrogen (secondary N) is 2. The smallest absolute Gasteiger partial charge is 0.228 e. The lowest BCUT2D eigenvalue weighted by molar-refractivity contribution is -0.125. The number of hydrogen-bond acceptors (Lipinski definition) is 2. The van der Waals surface area contributed by atoms with E-state index in [9.17, 15) is 9.59 Å². The molecule has 0 heterocycles. The van der Waals surface area contributed by atoms with Crippen LogP contribution in [0.4, 0.5) is 5.69 Å². The van der Waals surface area contributed by atoms with Crippen LogP contribution in [0.1, 0.15) is 44.9 Å². The van der Waals surface area contributed by atoms with Gasteiger partial charge >= 0.3 is 0 Å². The molecular weight excluding hydrogens is 356 g/mol. The Balaban J connectivity index is 1.47. The van der Waals surface area contributed by atoms with Gasteiger partial charge in [0.25, 0.3) is 0 Å². The van der Waals surface area contributed by atoms with Crippen LogP contribution in [0, 0.1) is 11.8 Å². The maximum absolute atomic E-state index is 12.3. The molecule has 4 nitrogen and oxygen atoms in total. The molecule has 5 heteroatoms. The molecule has 0 aromatic heterocycles. The third-order valence-corrected chi connectivity index (χ3v) is 5.31. The van der Waals surface area contributed by atoms with E-state index in [1.54, 1.807) is 0 Å². The zero-order valence-corrected chi connectivity index (χ0v) is 14.8. The summed E-state index contributed by atoms with van der Waals surface area (Å²) in [6.45, 7) is 0. The van der Waals surface area contributed by atoms with Crippen molar-refractivity contribution in [1.29, 1.82) is 0 Å². The van der Waals surface area contributed by atoms with Gasteiger partial charge in [0.15, 0.2) is 0 Å². The van der Waals surface area contributed by atoms with E-state index in [1.165, 1.54) is 25.7 Å². The van der Waals surface area contributed by atoms with Crippen LogP contribution in [0.15, 0.2) is 28.7 Å². The summed E-state index contributed by atoms with van der Waals surface area (Å²) >= 11 is 3.37. The Hall–Kier alpha value is -1.36. The zero-order chi connectivity index (χ0) is 16.2. The number of benzene rings is 1. The van der Waals surface area contributed by atoms with Gasteiger partial charge in [-0.25, -0.2) is 0 Å². The van der Waals surface area contributed by atoms with Crippen molar-refractivity contribution in [2.75, 3.05) is 5.32 Å².